The Hall–Kier alpha value is -3.35. The highest BCUT2D eigenvalue weighted by Crippen LogP contribution is 2.44. The molecular weight excluding hydrogens is 432 g/mol. The van der Waals surface area contributed by atoms with E-state index in [-0.39, 0.29) is 24.9 Å². The normalized spacial score (nSPS) is 13.1. The second-order valence-corrected chi connectivity index (χ2v) is 9.81. The van der Waals surface area contributed by atoms with E-state index >= 15 is 0 Å². The Morgan fingerprint density at radius 2 is 1.47 bits per heavy atom. The van der Waals surface area contributed by atoms with Crippen molar-refractivity contribution >= 4 is 18.0 Å². The largest absolute Gasteiger partial charge is 0.481 e. The smallest absolute Gasteiger partial charge is 0.407 e. The molecule has 7 nitrogen and oxygen atoms in total. The molecule has 0 saturated heterocycles. The number of alkyl carbamates (subject to hydrolysis) is 1. The van der Waals surface area contributed by atoms with Gasteiger partial charge in [-0.05, 0) is 62.8 Å². The highest BCUT2D eigenvalue weighted by Gasteiger charge is 2.44. The van der Waals surface area contributed by atoms with Crippen LogP contribution in [0.1, 0.15) is 64.0 Å². The predicted molar refractivity (Wildman–Crippen MR) is 131 cm³/mol. The Bertz CT molecular complexity index is 1010. The van der Waals surface area contributed by atoms with Crippen LogP contribution < -0.4 is 10.6 Å². The molecule has 2 aromatic rings. The van der Waals surface area contributed by atoms with Gasteiger partial charge in [-0.15, -0.1) is 0 Å². The molecule has 0 bridgehead atoms. The number of carboxylic acids is 1. The van der Waals surface area contributed by atoms with Crippen LogP contribution in [-0.4, -0.2) is 41.8 Å². The fourth-order valence-electron chi connectivity index (χ4n) is 4.15. The van der Waals surface area contributed by atoms with Crippen molar-refractivity contribution in [3.63, 3.8) is 0 Å². The highest BCUT2D eigenvalue weighted by molar-refractivity contribution is 5.84. The number of amides is 2. The molecule has 0 radical (unpaired) electrons. The number of carbonyl (C=O) groups is 3. The lowest BCUT2D eigenvalue weighted by Crippen LogP contribution is -2.59. The molecule has 0 spiro atoms. The maximum Gasteiger partial charge on any atom is 0.407 e. The number of carboxylic acid groups (broad SMARTS) is 1. The Morgan fingerprint density at radius 1 is 0.912 bits per heavy atom. The maximum atomic E-state index is 12.8. The van der Waals surface area contributed by atoms with Gasteiger partial charge in [-0.3, -0.25) is 9.59 Å². The Balaban J connectivity index is 1.57. The van der Waals surface area contributed by atoms with E-state index in [1.807, 2.05) is 24.3 Å². The first-order valence-electron chi connectivity index (χ1n) is 11.7. The molecule has 0 fully saturated rings. The van der Waals surface area contributed by atoms with E-state index in [1.54, 1.807) is 27.7 Å². The second kappa shape index (κ2) is 10.3. The average molecular weight is 467 g/mol. The number of aliphatic carboxylic acids is 1. The van der Waals surface area contributed by atoms with Crippen molar-refractivity contribution in [1.29, 1.82) is 0 Å². The van der Waals surface area contributed by atoms with Crippen LogP contribution in [0.4, 0.5) is 4.79 Å². The average Bonchev–Trinajstić information content (AvgIpc) is 3.10. The van der Waals surface area contributed by atoms with Crippen LogP contribution in [-0.2, 0) is 14.3 Å². The first-order valence-corrected chi connectivity index (χ1v) is 11.7. The summed E-state index contributed by atoms with van der Waals surface area (Å²) in [5, 5.41) is 14.4. The number of carbonyl (C=O) groups excluding carboxylic acids is 2. The molecule has 7 heteroatoms. The van der Waals surface area contributed by atoms with E-state index in [2.05, 4.69) is 34.9 Å². The van der Waals surface area contributed by atoms with Gasteiger partial charge in [0.15, 0.2) is 0 Å². The number of hydrogen-bond donors (Lipinski definition) is 3. The molecule has 34 heavy (non-hydrogen) atoms. The molecule has 182 valence electrons. The second-order valence-electron chi connectivity index (χ2n) is 9.81. The molecule has 3 rings (SSSR count). The van der Waals surface area contributed by atoms with Crippen molar-refractivity contribution in [3.05, 3.63) is 59.7 Å². The van der Waals surface area contributed by atoms with Gasteiger partial charge < -0.3 is 20.5 Å². The molecule has 0 aliphatic heterocycles. The number of unbranched alkanes of at least 4 members (excludes halogenated alkanes) is 1. The van der Waals surface area contributed by atoms with E-state index in [0.717, 1.165) is 22.3 Å². The fraction of sp³-hybridized carbons (Fsp3) is 0.444. The third-order valence-corrected chi connectivity index (χ3v) is 6.99. The number of hydrogen-bond acceptors (Lipinski definition) is 4. The number of nitrogens with one attached hydrogen (secondary N) is 2. The molecule has 2 amide bonds. The van der Waals surface area contributed by atoms with Gasteiger partial charge in [-0.2, -0.15) is 0 Å². The van der Waals surface area contributed by atoms with Crippen LogP contribution in [0.2, 0.25) is 0 Å². The van der Waals surface area contributed by atoms with E-state index in [9.17, 15) is 14.4 Å². The van der Waals surface area contributed by atoms with Crippen molar-refractivity contribution in [2.75, 3.05) is 13.2 Å². The minimum absolute atomic E-state index is 0.0385. The molecule has 0 heterocycles. The van der Waals surface area contributed by atoms with Crippen molar-refractivity contribution < 1.29 is 24.2 Å². The van der Waals surface area contributed by atoms with E-state index < -0.39 is 23.0 Å². The fourth-order valence-corrected chi connectivity index (χ4v) is 4.15. The molecule has 3 N–H and O–H groups in total. The van der Waals surface area contributed by atoms with Gasteiger partial charge in [0.1, 0.15) is 6.61 Å². The van der Waals surface area contributed by atoms with Crippen molar-refractivity contribution in [1.82, 2.24) is 10.6 Å². The van der Waals surface area contributed by atoms with Gasteiger partial charge in [0.05, 0.1) is 11.0 Å². The minimum Gasteiger partial charge on any atom is -0.481 e. The van der Waals surface area contributed by atoms with Gasteiger partial charge >= 0.3 is 12.1 Å². The number of benzene rings is 2. The monoisotopic (exact) mass is 466 g/mol. The summed E-state index contributed by atoms with van der Waals surface area (Å²) in [4.78, 5) is 36.2. The minimum atomic E-state index is -0.925. The summed E-state index contributed by atoms with van der Waals surface area (Å²) in [6.45, 7) is 7.70. The molecule has 1 aliphatic carbocycles. The quantitative estimate of drug-likeness (QED) is 0.440. The highest BCUT2D eigenvalue weighted by atomic mass is 16.5. The zero-order valence-electron chi connectivity index (χ0n) is 20.3. The summed E-state index contributed by atoms with van der Waals surface area (Å²) < 4.78 is 5.65. The molecule has 0 aromatic heterocycles. The lowest BCUT2D eigenvalue weighted by molar-refractivity contribution is -0.137. The molecule has 0 saturated carbocycles. The Kier molecular flexibility index (Phi) is 7.64. The lowest BCUT2D eigenvalue weighted by Gasteiger charge is -2.40. The van der Waals surface area contributed by atoms with Crippen LogP contribution >= 0.6 is 0 Å². The third kappa shape index (κ3) is 5.41. The Labute approximate surface area is 200 Å². The SMILES string of the molecule is CC(C)(NC(=O)OCC1c2ccccc2-c2ccccc21)C(C)(C)C(=O)NCCCCC(=O)O. The van der Waals surface area contributed by atoms with Crippen LogP contribution in [0.5, 0.6) is 0 Å². The van der Waals surface area contributed by atoms with Gasteiger partial charge in [-0.25, -0.2) is 4.79 Å². The standard InChI is InChI=1S/C27H34N2O5/c1-26(2,24(32)28-16-10-9-15-23(30)31)27(3,4)29-25(33)34-17-22-20-13-7-5-11-18(20)19-12-6-8-14-21(19)22/h5-8,11-14,22H,9-10,15-17H2,1-4H3,(H,28,32)(H,29,33)(H,30,31). The van der Waals surface area contributed by atoms with Gasteiger partial charge in [0.2, 0.25) is 5.91 Å². The van der Waals surface area contributed by atoms with Crippen LogP contribution in [0.15, 0.2) is 48.5 Å². The molecule has 1 aliphatic rings. The molecule has 2 aromatic carbocycles. The Morgan fingerprint density at radius 3 is 2.03 bits per heavy atom. The van der Waals surface area contributed by atoms with Gasteiger partial charge in [0.25, 0.3) is 0 Å². The van der Waals surface area contributed by atoms with Crippen molar-refractivity contribution in [2.24, 2.45) is 5.41 Å². The number of fused-ring (bicyclic) bond motifs is 3. The summed E-state index contributed by atoms with van der Waals surface area (Å²) in [5.41, 5.74) is 2.78. The van der Waals surface area contributed by atoms with Crippen molar-refractivity contribution in [3.8, 4) is 11.1 Å². The summed E-state index contributed by atoms with van der Waals surface area (Å²) in [6, 6.07) is 16.3. The number of ether oxygens (including phenoxy) is 1. The molecule has 0 unspecified atom stereocenters. The van der Waals surface area contributed by atoms with E-state index in [4.69, 9.17) is 9.84 Å². The first kappa shape index (κ1) is 25.3. The van der Waals surface area contributed by atoms with Gasteiger partial charge in [0, 0.05) is 18.9 Å². The number of rotatable bonds is 10. The summed E-state index contributed by atoms with van der Waals surface area (Å²) in [6.07, 6.45) is 0.578. The van der Waals surface area contributed by atoms with Crippen LogP contribution in [0.25, 0.3) is 11.1 Å². The van der Waals surface area contributed by atoms with E-state index in [1.165, 1.54) is 0 Å². The van der Waals surface area contributed by atoms with E-state index in [0.29, 0.717) is 19.4 Å². The topological polar surface area (TPSA) is 105 Å². The summed E-state index contributed by atoms with van der Waals surface area (Å²) in [7, 11) is 0. The lowest BCUT2D eigenvalue weighted by atomic mass is 9.73. The van der Waals surface area contributed by atoms with Gasteiger partial charge in [-0.1, -0.05) is 48.5 Å². The van der Waals surface area contributed by atoms with Crippen LogP contribution in [0.3, 0.4) is 0 Å². The zero-order chi connectivity index (χ0) is 24.9. The molecular formula is C27H34N2O5. The molecule has 0 atom stereocenters. The first-order chi connectivity index (χ1) is 16.0. The summed E-state index contributed by atoms with van der Waals surface area (Å²) >= 11 is 0. The zero-order valence-corrected chi connectivity index (χ0v) is 20.3. The maximum absolute atomic E-state index is 12.8. The van der Waals surface area contributed by atoms with Crippen molar-refractivity contribution in [2.45, 2.75) is 58.4 Å². The third-order valence-electron chi connectivity index (χ3n) is 6.99. The predicted octanol–water partition coefficient (Wildman–Crippen LogP) is 4.70. The summed E-state index contributed by atoms with van der Waals surface area (Å²) in [5.74, 6) is -1.10. The van der Waals surface area contributed by atoms with Crippen LogP contribution in [0, 0.1) is 5.41 Å².